The Labute approximate surface area is 124 Å². The van der Waals surface area contributed by atoms with E-state index >= 15 is 0 Å². The number of nitrogen functional groups attached to an aromatic ring is 1. The van der Waals surface area contributed by atoms with Crippen LogP contribution in [0.3, 0.4) is 0 Å². The summed E-state index contributed by atoms with van der Waals surface area (Å²) in [5.74, 6) is -0.392. The van der Waals surface area contributed by atoms with Crippen LogP contribution in [0.25, 0.3) is 0 Å². The van der Waals surface area contributed by atoms with E-state index in [9.17, 15) is 4.79 Å². The van der Waals surface area contributed by atoms with Gasteiger partial charge in [0.25, 0.3) is 0 Å². The van der Waals surface area contributed by atoms with Gasteiger partial charge in [-0.25, -0.2) is 0 Å². The molecule has 0 atom stereocenters. The largest absolute Gasteiger partial charge is 0.398 e. The molecule has 0 spiro atoms. The number of primary amides is 1. The summed E-state index contributed by atoms with van der Waals surface area (Å²) in [6.45, 7) is 3.85. The topological polar surface area (TPSA) is 72.3 Å². The molecule has 1 aliphatic heterocycles. The summed E-state index contributed by atoms with van der Waals surface area (Å²) < 4.78 is 0. The zero-order valence-corrected chi connectivity index (χ0v) is 12.1. The highest BCUT2D eigenvalue weighted by atomic mass is 16.1. The molecule has 2 aromatic carbocycles. The Bertz CT molecular complexity index is 692. The first kappa shape index (κ1) is 13.5. The first-order valence-corrected chi connectivity index (χ1v) is 7.07. The lowest BCUT2D eigenvalue weighted by Gasteiger charge is -2.20. The number of nitrogens with zero attached hydrogens (tertiary/aromatic N) is 1. The van der Waals surface area contributed by atoms with Crippen molar-refractivity contribution in [2.75, 3.05) is 17.2 Å². The summed E-state index contributed by atoms with van der Waals surface area (Å²) in [5.41, 5.74) is 17.5. The normalized spacial score (nSPS) is 13.3. The Morgan fingerprint density at radius 3 is 2.62 bits per heavy atom. The molecule has 4 heteroatoms. The minimum atomic E-state index is -0.392. The van der Waals surface area contributed by atoms with E-state index in [1.54, 1.807) is 12.1 Å². The van der Waals surface area contributed by atoms with Crippen LogP contribution in [0.5, 0.6) is 0 Å². The molecule has 0 fully saturated rings. The van der Waals surface area contributed by atoms with E-state index in [4.69, 9.17) is 11.5 Å². The predicted octanol–water partition coefficient (Wildman–Crippen LogP) is 2.24. The van der Waals surface area contributed by atoms with Gasteiger partial charge in [-0.15, -0.1) is 0 Å². The van der Waals surface area contributed by atoms with E-state index in [-0.39, 0.29) is 0 Å². The van der Waals surface area contributed by atoms with Gasteiger partial charge in [-0.1, -0.05) is 18.2 Å². The van der Waals surface area contributed by atoms with E-state index < -0.39 is 5.91 Å². The average molecular weight is 281 g/mol. The second-order valence-electron chi connectivity index (χ2n) is 5.57. The fourth-order valence-corrected chi connectivity index (χ4v) is 2.80. The van der Waals surface area contributed by atoms with Crippen molar-refractivity contribution in [2.24, 2.45) is 5.73 Å². The fraction of sp³-hybridized carbons (Fsp3) is 0.235. The maximum atomic E-state index is 11.1. The molecule has 4 nitrogen and oxygen atoms in total. The zero-order chi connectivity index (χ0) is 15.0. The number of carbonyl (C=O) groups is 1. The van der Waals surface area contributed by atoms with Crippen LogP contribution in [0.15, 0.2) is 36.4 Å². The van der Waals surface area contributed by atoms with Crippen LogP contribution in [-0.2, 0) is 13.0 Å². The zero-order valence-electron chi connectivity index (χ0n) is 12.1. The number of nitrogens with two attached hydrogens (primary N) is 2. The van der Waals surface area contributed by atoms with Crippen LogP contribution in [-0.4, -0.2) is 12.5 Å². The second-order valence-corrected chi connectivity index (χ2v) is 5.57. The lowest BCUT2D eigenvalue weighted by atomic mass is 10.1. The smallest absolute Gasteiger partial charge is 0.248 e. The number of carbonyl (C=O) groups excluding carboxylic acids is 1. The van der Waals surface area contributed by atoms with E-state index in [1.807, 2.05) is 19.1 Å². The first-order valence-electron chi connectivity index (χ1n) is 7.07. The molecule has 0 unspecified atom stereocenters. The highest BCUT2D eigenvalue weighted by Gasteiger charge is 2.20. The summed E-state index contributed by atoms with van der Waals surface area (Å²) in [7, 11) is 0. The van der Waals surface area contributed by atoms with Crippen molar-refractivity contribution in [1.82, 2.24) is 0 Å². The van der Waals surface area contributed by atoms with Crippen molar-refractivity contribution in [3.8, 4) is 0 Å². The number of rotatable bonds is 3. The first-order chi connectivity index (χ1) is 10.0. The molecular formula is C17H19N3O. The lowest BCUT2D eigenvalue weighted by Crippen LogP contribution is -2.20. The van der Waals surface area contributed by atoms with E-state index in [1.165, 1.54) is 11.3 Å². The van der Waals surface area contributed by atoms with Crippen LogP contribution in [0.4, 0.5) is 11.4 Å². The van der Waals surface area contributed by atoms with Crippen molar-refractivity contribution in [3.05, 3.63) is 58.7 Å². The summed E-state index contributed by atoms with van der Waals surface area (Å²) >= 11 is 0. The van der Waals surface area contributed by atoms with Crippen molar-refractivity contribution in [3.63, 3.8) is 0 Å². The van der Waals surface area contributed by atoms with Gasteiger partial charge in [0.05, 0.1) is 0 Å². The van der Waals surface area contributed by atoms with Crippen LogP contribution in [0.2, 0.25) is 0 Å². The molecule has 108 valence electrons. The third-order valence-electron chi connectivity index (χ3n) is 4.07. The summed E-state index contributed by atoms with van der Waals surface area (Å²) in [6.07, 6.45) is 1.05. The van der Waals surface area contributed by atoms with Crippen molar-refractivity contribution >= 4 is 17.3 Å². The lowest BCUT2D eigenvalue weighted by molar-refractivity contribution is 0.100. The second kappa shape index (κ2) is 5.13. The standard InChI is InChI=1S/C17H19N3O/c1-11-8-14-6-7-20(16(14)9-15(11)18)10-12-2-4-13(5-3-12)17(19)21/h2-5,8-9H,6-7,10,18H2,1H3,(H2,19,21). The summed E-state index contributed by atoms with van der Waals surface area (Å²) in [4.78, 5) is 13.4. The van der Waals surface area contributed by atoms with Gasteiger partial charge >= 0.3 is 0 Å². The molecule has 1 amide bonds. The average Bonchev–Trinajstić information content (AvgIpc) is 2.82. The third kappa shape index (κ3) is 2.57. The molecule has 21 heavy (non-hydrogen) atoms. The van der Waals surface area contributed by atoms with Gasteiger partial charge in [-0.3, -0.25) is 4.79 Å². The number of aryl methyl sites for hydroxylation is 1. The van der Waals surface area contributed by atoms with Crippen molar-refractivity contribution < 1.29 is 4.79 Å². The maximum absolute atomic E-state index is 11.1. The third-order valence-corrected chi connectivity index (χ3v) is 4.07. The van der Waals surface area contributed by atoms with E-state index in [2.05, 4.69) is 17.0 Å². The molecule has 2 aromatic rings. The SMILES string of the molecule is Cc1cc2c(cc1N)N(Cc1ccc(C(N)=O)cc1)CC2. The molecule has 0 aromatic heterocycles. The van der Waals surface area contributed by atoms with Gasteiger partial charge in [-0.05, 0) is 48.2 Å². The molecule has 4 N–H and O–H groups in total. The Morgan fingerprint density at radius 2 is 1.95 bits per heavy atom. The monoisotopic (exact) mass is 281 g/mol. The van der Waals surface area contributed by atoms with Gasteiger partial charge in [0, 0.05) is 30.0 Å². The van der Waals surface area contributed by atoms with Crippen LogP contribution in [0.1, 0.15) is 27.0 Å². The summed E-state index contributed by atoms with van der Waals surface area (Å²) in [5, 5.41) is 0. The van der Waals surface area contributed by atoms with Crippen LogP contribution < -0.4 is 16.4 Å². The highest BCUT2D eigenvalue weighted by Crippen LogP contribution is 2.33. The minimum Gasteiger partial charge on any atom is -0.398 e. The highest BCUT2D eigenvalue weighted by molar-refractivity contribution is 5.92. The molecule has 0 saturated carbocycles. The number of anilines is 2. The Kier molecular flexibility index (Phi) is 3.29. The van der Waals surface area contributed by atoms with E-state index in [0.29, 0.717) is 5.56 Å². The van der Waals surface area contributed by atoms with E-state index in [0.717, 1.165) is 36.3 Å². The van der Waals surface area contributed by atoms with Crippen LogP contribution in [0, 0.1) is 6.92 Å². The molecule has 1 aliphatic rings. The quantitative estimate of drug-likeness (QED) is 0.847. The minimum absolute atomic E-state index is 0.392. The van der Waals surface area contributed by atoms with Crippen LogP contribution >= 0.6 is 0 Å². The predicted molar refractivity (Wildman–Crippen MR) is 85.3 cm³/mol. The fourth-order valence-electron chi connectivity index (χ4n) is 2.80. The Morgan fingerprint density at radius 1 is 1.24 bits per heavy atom. The maximum Gasteiger partial charge on any atom is 0.248 e. The van der Waals surface area contributed by atoms with Crippen molar-refractivity contribution in [1.29, 1.82) is 0 Å². The number of benzene rings is 2. The molecular weight excluding hydrogens is 262 g/mol. The van der Waals surface area contributed by atoms with Gasteiger partial charge in [0.1, 0.15) is 0 Å². The molecule has 0 radical (unpaired) electrons. The Hall–Kier alpha value is -2.49. The van der Waals surface area contributed by atoms with Gasteiger partial charge in [-0.2, -0.15) is 0 Å². The Balaban J connectivity index is 1.82. The van der Waals surface area contributed by atoms with Gasteiger partial charge in [0.2, 0.25) is 5.91 Å². The molecule has 0 saturated heterocycles. The summed E-state index contributed by atoms with van der Waals surface area (Å²) in [6, 6.07) is 11.7. The molecule has 0 bridgehead atoms. The van der Waals surface area contributed by atoms with Crippen molar-refractivity contribution in [2.45, 2.75) is 19.9 Å². The molecule has 0 aliphatic carbocycles. The molecule has 3 rings (SSSR count). The number of hydrogen-bond acceptors (Lipinski definition) is 3. The molecule has 1 heterocycles. The van der Waals surface area contributed by atoms with Gasteiger partial charge in [0.15, 0.2) is 0 Å². The number of hydrogen-bond donors (Lipinski definition) is 2. The van der Waals surface area contributed by atoms with Gasteiger partial charge < -0.3 is 16.4 Å². The number of amides is 1. The number of fused-ring (bicyclic) bond motifs is 1.